The summed E-state index contributed by atoms with van der Waals surface area (Å²) in [7, 11) is 0. The molecule has 2 aromatic rings. The molecule has 25 heavy (non-hydrogen) atoms. The topological polar surface area (TPSA) is 69.8 Å². The number of hydrogen-bond donors (Lipinski definition) is 2. The largest absolute Gasteiger partial charge is 0.508 e. The van der Waals surface area contributed by atoms with Crippen molar-refractivity contribution in [3.63, 3.8) is 0 Å². The molecule has 1 unspecified atom stereocenters. The van der Waals surface area contributed by atoms with Gasteiger partial charge in [0.05, 0.1) is 0 Å². The van der Waals surface area contributed by atoms with E-state index in [0.29, 0.717) is 13.1 Å². The van der Waals surface area contributed by atoms with Crippen LogP contribution in [0, 0.1) is 0 Å². The summed E-state index contributed by atoms with van der Waals surface area (Å²) in [6.45, 7) is 5.48. The van der Waals surface area contributed by atoms with Gasteiger partial charge in [-0.3, -0.25) is 9.69 Å². The van der Waals surface area contributed by atoms with Crippen molar-refractivity contribution in [3.05, 3.63) is 65.7 Å². The van der Waals surface area contributed by atoms with Crippen molar-refractivity contribution >= 4 is 5.91 Å². The van der Waals surface area contributed by atoms with Crippen LogP contribution in [-0.2, 0) is 16.9 Å². The molecule has 0 radical (unpaired) electrons. The normalized spacial score (nSPS) is 17.9. The minimum Gasteiger partial charge on any atom is -0.508 e. The number of rotatable bonds is 4. The highest BCUT2D eigenvalue weighted by molar-refractivity contribution is 5.87. The lowest BCUT2D eigenvalue weighted by Crippen LogP contribution is -2.56. The molecule has 1 amide bonds. The molecular weight excluding hydrogens is 314 g/mol. The van der Waals surface area contributed by atoms with Crippen LogP contribution in [0.5, 0.6) is 5.75 Å². The van der Waals surface area contributed by atoms with Crippen molar-refractivity contribution in [2.75, 3.05) is 26.2 Å². The Morgan fingerprint density at radius 3 is 2.40 bits per heavy atom. The first-order valence-electron chi connectivity index (χ1n) is 8.61. The minimum absolute atomic E-state index is 0.0318. The highest BCUT2D eigenvalue weighted by atomic mass is 16.3. The number of hydrogen-bond acceptors (Lipinski definition) is 4. The van der Waals surface area contributed by atoms with Gasteiger partial charge in [0, 0.05) is 32.7 Å². The molecule has 0 aliphatic carbocycles. The van der Waals surface area contributed by atoms with Crippen molar-refractivity contribution in [1.29, 1.82) is 0 Å². The number of piperazine rings is 1. The van der Waals surface area contributed by atoms with Gasteiger partial charge in [-0.25, -0.2) is 0 Å². The SMILES string of the molecule is CC(N)(C(=O)N1CCN(Cc2cccc(O)c2)CC1)c1ccccc1. The molecule has 1 saturated heterocycles. The van der Waals surface area contributed by atoms with Crippen LogP contribution >= 0.6 is 0 Å². The second-order valence-electron chi connectivity index (χ2n) is 6.81. The van der Waals surface area contributed by atoms with E-state index in [1.165, 1.54) is 0 Å². The lowest BCUT2D eigenvalue weighted by molar-refractivity contribution is -0.138. The number of amides is 1. The Morgan fingerprint density at radius 2 is 1.76 bits per heavy atom. The van der Waals surface area contributed by atoms with Crippen LogP contribution in [0.4, 0.5) is 0 Å². The molecule has 1 atom stereocenters. The van der Waals surface area contributed by atoms with Gasteiger partial charge in [-0.05, 0) is 30.2 Å². The smallest absolute Gasteiger partial charge is 0.247 e. The highest BCUT2D eigenvalue weighted by Crippen LogP contribution is 2.22. The van der Waals surface area contributed by atoms with Crippen molar-refractivity contribution in [1.82, 2.24) is 9.80 Å². The van der Waals surface area contributed by atoms with E-state index in [0.717, 1.165) is 30.8 Å². The third kappa shape index (κ3) is 4.00. The van der Waals surface area contributed by atoms with Gasteiger partial charge in [-0.2, -0.15) is 0 Å². The average molecular weight is 339 g/mol. The quantitative estimate of drug-likeness (QED) is 0.893. The van der Waals surface area contributed by atoms with Gasteiger partial charge in [-0.1, -0.05) is 42.5 Å². The number of carbonyl (C=O) groups is 1. The van der Waals surface area contributed by atoms with Gasteiger partial charge in [0.25, 0.3) is 0 Å². The van der Waals surface area contributed by atoms with E-state index in [4.69, 9.17) is 5.73 Å². The van der Waals surface area contributed by atoms with Gasteiger partial charge in [0.1, 0.15) is 11.3 Å². The molecule has 3 rings (SSSR count). The summed E-state index contributed by atoms with van der Waals surface area (Å²) in [5.74, 6) is 0.253. The van der Waals surface area contributed by atoms with Crippen molar-refractivity contribution < 1.29 is 9.90 Å². The molecule has 5 nitrogen and oxygen atoms in total. The van der Waals surface area contributed by atoms with Crippen LogP contribution in [0.2, 0.25) is 0 Å². The van der Waals surface area contributed by atoms with Gasteiger partial charge >= 0.3 is 0 Å². The van der Waals surface area contributed by atoms with E-state index in [1.54, 1.807) is 19.1 Å². The molecule has 1 fully saturated rings. The predicted octanol–water partition coefficient (Wildman–Crippen LogP) is 1.91. The van der Waals surface area contributed by atoms with Gasteiger partial charge in [0.2, 0.25) is 5.91 Å². The Balaban J connectivity index is 1.59. The first-order chi connectivity index (χ1) is 12.0. The first kappa shape index (κ1) is 17.5. The molecule has 0 bridgehead atoms. The summed E-state index contributed by atoms with van der Waals surface area (Å²) < 4.78 is 0. The Hall–Kier alpha value is -2.37. The second kappa shape index (κ2) is 7.25. The summed E-state index contributed by atoms with van der Waals surface area (Å²) in [6.07, 6.45) is 0. The molecule has 2 aromatic carbocycles. The van der Waals surface area contributed by atoms with Gasteiger partial charge < -0.3 is 15.7 Å². The summed E-state index contributed by atoms with van der Waals surface area (Å²) in [6, 6.07) is 16.8. The van der Waals surface area contributed by atoms with Gasteiger partial charge in [-0.15, -0.1) is 0 Å². The zero-order valence-corrected chi connectivity index (χ0v) is 14.6. The van der Waals surface area contributed by atoms with E-state index in [2.05, 4.69) is 4.90 Å². The molecule has 1 aliphatic heterocycles. The highest BCUT2D eigenvalue weighted by Gasteiger charge is 2.35. The maximum absolute atomic E-state index is 12.9. The average Bonchev–Trinajstić information content (AvgIpc) is 2.62. The van der Waals surface area contributed by atoms with E-state index < -0.39 is 5.54 Å². The Morgan fingerprint density at radius 1 is 1.08 bits per heavy atom. The zero-order valence-electron chi connectivity index (χ0n) is 14.6. The summed E-state index contributed by atoms with van der Waals surface area (Å²) in [5.41, 5.74) is 7.26. The van der Waals surface area contributed by atoms with Crippen LogP contribution in [0.25, 0.3) is 0 Å². The molecule has 1 heterocycles. The number of phenols is 1. The molecule has 0 aromatic heterocycles. The van der Waals surface area contributed by atoms with Crippen LogP contribution in [0.3, 0.4) is 0 Å². The molecule has 0 saturated carbocycles. The lowest BCUT2D eigenvalue weighted by atomic mass is 9.91. The zero-order chi connectivity index (χ0) is 17.9. The standard InChI is InChI=1S/C20H25N3O2/c1-20(21,17-7-3-2-4-8-17)19(25)23-12-10-22(11-13-23)15-16-6-5-9-18(24)14-16/h2-9,14,24H,10-13,15,21H2,1H3. The number of nitrogens with zero attached hydrogens (tertiary/aromatic N) is 2. The van der Waals surface area contributed by atoms with E-state index in [1.807, 2.05) is 47.4 Å². The maximum atomic E-state index is 12.9. The Kier molecular flexibility index (Phi) is 5.06. The molecule has 1 aliphatic rings. The summed E-state index contributed by atoms with van der Waals surface area (Å²) in [5, 5.41) is 9.57. The molecular formula is C20H25N3O2. The third-order valence-electron chi connectivity index (χ3n) is 4.79. The van der Waals surface area contributed by atoms with Crippen molar-refractivity contribution in [2.45, 2.75) is 19.0 Å². The second-order valence-corrected chi connectivity index (χ2v) is 6.81. The molecule has 3 N–H and O–H groups in total. The summed E-state index contributed by atoms with van der Waals surface area (Å²) >= 11 is 0. The van der Waals surface area contributed by atoms with Crippen LogP contribution in [0.15, 0.2) is 54.6 Å². The number of aromatic hydroxyl groups is 1. The monoisotopic (exact) mass is 339 g/mol. The molecule has 132 valence electrons. The lowest BCUT2D eigenvalue weighted by Gasteiger charge is -2.38. The van der Waals surface area contributed by atoms with Crippen LogP contribution in [0.1, 0.15) is 18.1 Å². The number of carbonyl (C=O) groups excluding carboxylic acids is 1. The van der Waals surface area contributed by atoms with Crippen LogP contribution < -0.4 is 5.73 Å². The number of nitrogens with two attached hydrogens (primary N) is 1. The van der Waals surface area contributed by atoms with E-state index in [-0.39, 0.29) is 11.7 Å². The van der Waals surface area contributed by atoms with Crippen LogP contribution in [-0.4, -0.2) is 47.0 Å². The minimum atomic E-state index is -1.01. The third-order valence-corrected chi connectivity index (χ3v) is 4.79. The number of benzene rings is 2. The fraction of sp³-hybridized carbons (Fsp3) is 0.350. The molecule has 5 heteroatoms. The number of phenolic OH excluding ortho intramolecular Hbond substituents is 1. The fourth-order valence-electron chi connectivity index (χ4n) is 3.26. The maximum Gasteiger partial charge on any atom is 0.247 e. The Bertz CT molecular complexity index is 723. The van der Waals surface area contributed by atoms with Gasteiger partial charge in [0.15, 0.2) is 0 Å². The van der Waals surface area contributed by atoms with Crippen molar-refractivity contribution in [2.24, 2.45) is 5.73 Å². The summed E-state index contributed by atoms with van der Waals surface area (Å²) in [4.78, 5) is 17.0. The fourth-order valence-corrected chi connectivity index (χ4v) is 3.26. The van der Waals surface area contributed by atoms with E-state index in [9.17, 15) is 9.90 Å². The first-order valence-corrected chi connectivity index (χ1v) is 8.61. The predicted molar refractivity (Wildman–Crippen MR) is 97.9 cm³/mol. The molecule has 0 spiro atoms. The Labute approximate surface area is 148 Å². The van der Waals surface area contributed by atoms with Crippen molar-refractivity contribution in [3.8, 4) is 5.75 Å². The van der Waals surface area contributed by atoms with E-state index >= 15 is 0 Å².